The second kappa shape index (κ2) is 10.9. The van der Waals surface area contributed by atoms with Gasteiger partial charge in [-0.2, -0.15) is 5.10 Å². The van der Waals surface area contributed by atoms with Crippen molar-refractivity contribution in [3.8, 4) is 0 Å². The van der Waals surface area contributed by atoms with Crippen LogP contribution < -0.4 is 10.6 Å². The molecule has 0 saturated carbocycles. The van der Waals surface area contributed by atoms with Crippen LogP contribution in [0.1, 0.15) is 52.0 Å². The maximum absolute atomic E-state index is 12.6. The third kappa shape index (κ3) is 5.69. The molecule has 4 rings (SSSR count). The number of nitrogens with zero attached hydrogens (tertiary/aromatic N) is 2. The highest BCUT2D eigenvalue weighted by molar-refractivity contribution is 7.80. The predicted molar refractivity (Wildman–Crippen MR) is 139 cm³/mol. The summed E-state index contributed by atoms with van der Waals surface area (Å²) in [5, 5.41) is 12.8. The van der Waals surface area contributed by atoms with Crippen LogP contribution in [0.4, 0.5) is 10.8 Å². The summed E-state index contributed by atoms with van der Waals surface area (Å²) in [5.74, 6) is 0.0798. The van der Waals surface area contributed by atoms with Gasteiger partial charge in [0.1, 0.15) is 10.0 Å². The minimum absolute atomic E-state index is 0.305. The zero-order valence-electron chi connectivity index (χ0n) is 18.1. The summed E-state index contributed by atoms with van der Waals surface area (Å²) in [4.78, 5) is 13.8. The van der Waals surface area contributed by atoms with Gasteiger partial charge in [-0.15, -0.1) is 11.3 Å². The molecule has 1 aromatic carbocycles. The number of rotatable bonds is 5. The molecule has 0 saturated heterocycles. The van der Waals surface area contributed by atoms with E-state index in [1.165, 1.54) is 24.8 Å². The van der Waals surface area contributed by atoms with Crippen LogP contribution in [-0.2, 0) is 24.1 Å². The molecule has 0 spiro atoms. The van der Waals surface area contributed by atoms with Crippen LogP contribution in [0.3, 0.4) is 0 Å². The van der Waals surface area contributed by atoms with Crippen molar-refractivity contribution in [2.75, 3.05) is 17.7 Å². The van der Waals surface area contributed by atoms with Crippen LogP contribution in [0, 0.1) is 0 Å². The molecule has 2 aromatic heterocycles. The van der Waals surface area contributed by atoms with Gasteiger partial charge in [-0.05, 0) is 55.1 Å². The number of hydrogen-bond donors (Lipinski definition) is 2. The van der Waals surface area contributed by atoms with Crippen LogP contribution in [0.2, 0.25) is 10.0 Å². The Morgan fingerprint density at radius 3 is 2.67 bits per heavy atom. The van der Waals surface area contributed by atoms with E-state index in [4.69, 9.17) is 40.2 Å². The van der Waals surface area contributed by atoms with Gasteiger partial charge in [-0.25, -0.2) is 4.79 Å². The van der Waals surface area contributed by atoms with E-state index in [1.807, 2.05) is 24.3 Å². The van der Waals surface area contributed by atoms with Gasteiger partial charge in [-0.3, -0.25) is 4.68 Å². The minimum Gasteiger partial charge on any atom is -0.465 e. The maximum atomic E-state index is 12.6. The molecule has 174 valence electrons. The molecular weight excluding hydrogens is 499 g/mol. The Morgan fingerprint density at radius 1 is 1.15 bits per heavy atom. The fourth-order valence-electron chi connectivity index (χ4n) is 3.93. The number of anilines is 2. The zero-order valence-corrected chi connectivity index (χ0v) is 21.3. The number of thiocarbonyl (C=S) groups is 1. The topological polar surface area (TPSA) is 68.2 Å². The molecule has 10 heteroatoms. The summed E-state index contributed by atoms with van der Waals surface area (Å²) in [6, 6.07) is 7.58. The van der Waals surface area contributed by atoms with Gasteiger partial charge in [0.25, 0.3) is 0 Å². The number of methoxy groups -OCH3 is 1. The fourth-order valence-corrected chi connectivity index (χ4v) is 5.87. The Morgan fingerprint density at radius 2 is 1.91 bits per heavy atom. The first-order valence-electron chi connectivity index (χ1n) is 10.7. The number of aryl methyl sites for hydroxylation is 1. The summed E-state index contributed by atoms with van der Waals surface area (Å²) in [5.41, 5.74) is 2.60. The minimum atomic E-state index is -0.347. The molecule has 0 aliphatic heterocycles. The lowest BCUT2D eigenvalue weighted by molar-refractivity contribution is 0.0601. The molecule has 2 heterocycles. The molecule has 0 amide bonds. The number of halogens is 2. The summed E-state index contributed by atoms with van der Waals surface area (Å²) < 4.78 is 6.78. The number of carbonyl (C=O) groups excluding carboxylic acids is 1. The first kappa shape index (κ1) is 24.0. The third-order valence-corrected chi connectivity index (χ3v) is 7.58. The summed E-state index contributed by atoms with van der Waals surface area (Å²) in [7, 11) is 1.40. The number of benzene rings is 1. The molecule has 0 radical (unpaired) electrons. The lowest BCUT2D eigenvalue weighted by atomic mass is 9.96. The second-order valence-corrected chi connectivity index (χ2v) is 10.1. The van der Waals surface area contributed by atoms with Crippen LogP contribution in [0.25, 0.3) is 0 Å². The largest absolute Gasteiger partial charge is 0.465 e. The van der Waals surface area contributed by atoms with Gasteiger partial charge in [0.05, 0.1) is 19.2 Å². The molecule has 1 aliphatic rings. The SMILES string of the molecule is COC(=O)c1c(NC(=S)Nc2nn(Cc3ccccc3Cl)cc2Cl)sc2c1CCCCCC2. The van der Waals surface area contributed by atoms with Crippen molar-refractivity contribution in [3.63, 3.8) is 0 Å². The average Bonchev–Trinajstić information content (AvgIpc) is 3.28. The third-order valence-electron chi connectivity index (χ3n) is 5.53. The molecule has 0 atom stereocenters. The molecule has 3 aromatic rings. The summed E-state index contributed by atoms with van der Waals surface area (Å²) >= 11 is 19.7. The highest BCUT2D eigenvalue weighted by atomic mass is 35.5. The Hall–Kier alpha value is -2.13. The Bertz CT molecular complexity index is 1180. The highest BCUT2D eigenvalue weighted by Crippen LogP contribution is 2.37. The van der Waals surface area contributed by atoms with Crippen molar-refractivity contribution >= 4 is 68.7 Å². The Kier molecular flexibility index (Phi) is 7.90. The number of thiophene rings is 1. The van der Waals surface area contributed by atoms with E-state index in [0.717, 1.165) is 36.8 Å². The van der Waals surface area contributed by atoms with Gasteiger partial charge in [0, 0.05) is 16.1 Å². The molecule has 1 aliphatic carbocycles. The van der Waals surface area contributed by atoms with Crippen LogP contribution in [-0.4, -0.2) is 28.0 Å². The van der Waals surface area contributed by atoms with Crippen molar-refractivity contribution in [3.05, 3.63) is 62.1 Å². The lowest BCUT2D eigenvalue weighted by Gasteiger charge is -2.11. The molecular formula is C23H24Cl2N4O2S2. The smallest absolute Gasteiger partial charge is 0.341 e. The summed E-state index contributed by atoms with van der Waals surface area (Å²) in [6.07, 6.45) is 8.12. The van der Waals surface area contributed by atoms with Gasteiger partial charge >= 0.3 is 5.97 Å². The van der Waals surface area contributed by atoms with Crippen molar-refractivity contribution < 1.29 is 9.53 Å². The number of nitrogens with one attached hydrogen (secondary N) is 2. The predicted octanol–water partition coefficient (Wildman–Crippen LogP) is 6.55. The Labute approximate surface area is 212 Å². The molecule has 0 bridgehead atoms. The van der Waals surface area contributed by atoms with Gasteiger partial charge in [-0.1, -0.05) is 54.2 Å². The van der Waals surface area contributed by atoms with Gasteiger partial charge in [0.2, 0.25) is 0 Å². The Balaban J connectivity index is 1.51. The van der Waals surface area contributed by atoms with E-state index in [2.05, 4.69) is 15.7 Å². The van der Waals surface area contributed by atoms with Crippen LogP contribution in [0.5, 0.6) is 0 Å². The van der Waals surface area contributed by atoms with Gasteiger partial charge in [0.15, 0.2) is 10.9 Å². The van der Waals surface area contributed by atoms with Crippen molar-refractivity contribution in [1.82, 2.24) is 9.78 Å². The van der Waals surface area contributed by atoms with Crippen molar-refractivity contribution in [2.24, 2.45) is 0 Å². The zero-order chi connectivity index (χ0) is 23.4. The fraction of sp³-hybridized carbons (Fsp3) is 0.348. The maximum Gasteiger partial charge on any atom is 0.341 e. The van der Waals surface area contributed by atoms with E-state index < -0.39 is 0 Å². The van der Waals surface area contributed by atoms with E-state index in [9.17, 15) is 4.79 Å². The molecule has 2 N–H and O–H groups in total. The quantitative estimate of drug-likeness (QED) is 0.292. The number of hydrogen-bond acceptors (Lipinski definition) is 5. The second-order valence-electron chi connectivity index (χ2n) is 7.81. The highest BCUT2D eigenvalue weighted by Gasteiger charge is 2.25. The van der Waals surface area contributed by atoms with E-state index in [1.54, 1.807) is 22.2 Å². The van der Waals surface area contributed by atoms with Crippen LogP contribution in [0.15, 0.2) is 30.5 Å². The molecule has 6 nitrogen and oxygen atoms in total. The standard InChI is InChI=1S/C23H24Cl2N4O2S2/c1-31-22(30)19-15-9-4-2-3-5-11-18(15)33-21(19)27-23(32)26-20-17(25)13-29(28-20)12-14-8-6-7-10-16(14)24/h6-8,10,13H,2-5,9,11-12H2,1H3,(H2,26,27,28,32). The number of ether oxygens (including phenoxy) is 1. The normalized spacial score (nSPS) is 13.5. The van der Waals surface area contributed by atoms with E-state index in [-0.39, 0.29) is 5.97 Å². The van der Waals surface area contributed by atoms with Gasteiger partial charge < -0.3 is 15.4 Å². The van der Waals surface area contributed by atoms with Crippen LogP contribution >= 0.6 is 46.8 Å². The van der Waals surface area contributed by atoms with Crippen molar-refractivity contribution in [1.29, 1.82) is 0 Å². The van der Waals surface area contributed by atoms with Crippen molar-refractivity contribution in [2.45, 2.75) is 45.1 Å². The average molecular weight is 524 g/mol. The van der Waals surface area contributed by atoms with E-state index >= 15 is 0 Å². The number of carbonyl (C=O) groups is 1. The monoisotopic (exact) mass is 522 g/mol. The molecule has 33 heavy (non-hydrogen) atoms. The number of esters is 1. The lowest BCUT2D eigenvalue weighted by Crippen LogP contribution is -2.21. The number of aromatic nitrogens is 2. The number of fused-ring (bicyclic) bond motifs is 1. The molecule has 0 unspecified atom stereocenters. The van der Waals surface area contributed by atoms with E-state index in [0.29, 0.717) is 38.1 Å². The first-order chi connectivity index (χ1) is 16.0. The summed E-state index contributed by atoms with van der Waals surface area (Å²) in [6.45, 7) is 0.478. The first-order valence-corrected chi connectivity index (χ1v) is 12.7. The molecule has 0 fully saturated rings.